The minimum absolute atomic E-state index is 0.120. The Bertz CT molecular complexity index is 375. The van der Waals surface area contributed by atoms with E-state index in [-0.39, 0.29) is 5.82 Å². The Morgan fingerprint density at radius 3 is 2.65 bits per heavy atom. The molecule has 0 heterocycles. The summed E-state index contributed by atoms with van der Waals surface area (Å²) in [6.45, 7) is 2.84. The van der Waals surface area contributed by atoms with Gasteiger partial charge in [-0.1, -0.05) is 18.9 Å². The molecule has 1 saturated carbocycles. The van der Waals surface area contributed by atoms with Gasteiger partial charge in [-0.05, 0) is 67.8 Å². The van der Waals surface area contributed by atoms with Crippen molar-refractivity contribution in [2.45, 2.75) is 39.0 Å². The van der Waals surface area contributed by atoms with E-state index in [9.17, 15) is 4.39 Å². The van der Waals surface area contributed by atoms with Crippen molar-refractivity contribution in [2.75, 3.05) is 6.54 Å². The molecule has 2 N–H and O–H groups in total. The van der Waals surface area contributed by atoms with Crippen molar-refractivity contribution in [1.82, 2.24) is 0 Å². The van der Waals surface area contributed by atoms with E-state index in [1.807, 2.05) is 6.07 Å². The number of halogens is 1. The largest absolute Gasteiger partial charge is 0.330 e. The van der Waals surface area contributed by atoms with E-state index in [1.165, 1.54) is 31.2 Å². The van der Waals surface area contributed by atoms with Gasteiger partial charge in [0.2, 0.25) is 0 Å². The highest BCUT2D eigenvalue weighted by Crippen LogP contribution is 2.32. The summed E-state index contributed by atoms with van der Waals surface area (Å²) in [7, 11) is 0. The Morgan fingerprint density at radius 1 is 1.24 bits per heavy atom. The topological polar surface area (TPSA) is 26.0 Å². The molecule has 1 nitrogen and oxygen atoms in total. The first-order chi connectivity index (χ1) is 8.20. The van der Waals surface area contributed by atoms with Crippen LogP contribution in [0.1, 0.15) is 36.8 Å². The summed E-state index contributed by atoms with van der Waals surface area (Å²) in [4.78, 5) is 0. The maximum atomic E-state index is 13.3. The van der Waals surface area contributed by atoms with E-state index in [2.05, 4.69) is 6.92 Å². The lowest BCUT2D eigenvalue weighted by atomic mass is 9.76. The molecule has 0 aromatic heterocycles. The van der Waals surface area contributed by atoms with Gasteiger partial charge in [0, 0.05) is 0 Å². The molecule has 2 unspecified atom stereocenters. The smallest absolute Gasteiger partial charge is 0.123 e. The van der Waals surface area contributed by atoms with E-state index < -0.39 is 0 Å². The van der Waals surface area contributed by atoms with Crippen LogP contribution in [-0.2, 0) is 6.42 Å². The molecule has 0 amide bonds. The predicted octanol–water partition coefficient (Wildman–Crippen LogP) is 3.44. The van der Waals surface area contributed by atoms with Crippen LogP contribution in [0.5, 0.6) is 0 Å². The van der Waals surface area contributed by atoms with Crippen molar-refractivity contribution >= 4 is 0 Å². The minimum atomic E-state index is -0.120. The zero-order valence-electron chi connectivity index (χ0n) is 10.6. The number of hydrogen-bond donors (Lipinski definition) is 1. The van der Waals surface area contributed by atoms with Crippen molar-refractivity contribution in [3.8, 4) is 0 Å². The first-order valence-corrected chi connectivity index (χ1v) is 6.66. The highest BCUT2D eigenvalue weighted by molar-refractivity contribution is 5.27. The van der Waals surface area contributed by atoms with Crippen LogP contribution < -0.4 is 5.73 Å². The van der Waals surface area contributed by atoms with Gasteiger partial charge in [-0.2, -0.15) is 0 Å². The first-order valence-electron chi connectivity index (χ1n) is 6.66. The van der Waals surface area contributed by atoms with Crippen LogP contribution in [0.15, 0.2) is 18.2 Å². The fourth-order valence-electron chi connectivity index (χ4n) is 3.01. The fourth-order valence-corrected chi connectivity index (χ4v) is 3.01. The number of benzene rings is 1. The summed E-state index contributed by atoms with van der Waals surface area (Å²) < 4.78 is 13.3. The van der Waals surface area contributed by atoms with Gasteiger partial charge in [0.1, 0.15) is 5.82 Å². The standard InChI is InChI=1S/C15H22FN/c1-11-6-7-15(16)9-14(11)8-12-4-2-3-5-13(12)10-17/h6-7,9,12-13H,2-5,8,10,17H2,1H3. The summed E-state index contributed by atoms with van der Waals surface area (Å²) in [6.07, 6.45) is 6.09. The van der Waals surface area contributed by atoms with Gasteiger partial charge in [0.25, 0.3) is 0 Å². The number of hydrogen-bond acceptors (Lipinski definition) is 1. The minimum Gasteiger partial charge on any atom is -0.330 e. The molecule has 2 atom stereocenters. The molecule has 1 aromatic carbocycles. The Hall–Kier alpha value is -0.890. The molecular weight excluding hydrogens is 213 g/mol. The second-order valence-electron chi connectivity index (χ2n) is 5.32. The van der Waals surface area contributed by atoms with E-state index in [1.54, 1.807) is 12.1 Å². The first kappa shape index (κ1) is 12.6. The molecule has 2 heteroatoms. The zero-order chi connectivity index (χ0) is 12.3. The molecule has 94 valence electrons. The third-order valence-electron chi connectivity index (χ3n) is 4.16. The number of nitrogens with two attached hydrogens (primary N) is 1. The monoisotopic (exact) mass is 235 g/mol. The molecule has 2 rings (SSSR count). The van der Waals surface area contributed by atoms with E-state index in [0.717, 1.165) is 18.5 Å². The van der Waals surface area contributed by atoms with Crippen LogP contribution in [0.4, 0.5) is 4.39 Å². The Labute approximate surface area is 103 Å². The van der Waals surface area contributed by atoms with Crippen LogP contribution in [0, 0.1) is 24.6 Å². The zero-order valence-corrected chi connectivity index (χ0v) is 10.6. The third kappa shape index (κ3) is 3.06. The van der Waals surface area contributed by atoms with Crippen molar-refractivity contribution < 1.29 is 4.39 Å². The molecular formula is C15H22FN. The molecule has 0 spiro atoms. The van der Waals surface area contributed by atoms with Crippen molar-refractivity contribution in [3.63, 3.8) is 0 Å². The van der Waals surface area contributed by atoms with Gasteiger partial charge in [-0.25, -0.2) is 4.39 Å². The maximum absolute atomic E-state index is 13.3. The summed E-state index contributed by atoms with van der Waals surface area (Å²) >= 11 is 0. The average Bonchev–Trinajstić information content (AvgIpc) is 2.34. The van der Waals surface area contributed by atoms with Crippen molar-refractivity contribution in [3.05, 3.63) is 35.1 Å². The molecule has 0 bridgehead atoms. The number of rotatable bonds is 3. The lowest BCUT2D eigenvalue weighted by Crippen LogP contribution is -2.28. The van der Waals surface area contributed by atoms with E-state index in [0.29, 0.717) is 11.8 Å². The molecule has 1 aliphatic rings. The quantitative estimate of drug-likeness (QED) is 0.853. The normalized spacial score (nSPS) is 24.9. The lowest BCUT2D eigenvalue weighted by Gasteiger charge is -2.31. The molecule has 1 fully saturated rings. The Balaban J connectivity index is 2.10. The van der Waals surface area contributed by atoms with Gasteiger partial charge in [-0.3, -0.25) is 0 Å². The second kappa shape index (κ2) is 5.63. The van der Waals surface area contributed by atoms with E-state index in [4.69, 9.17) is 5.73 Å². The van der Waals surface area contributed by atoms with Crippen LogP contribution in [-0.4, -0.2) is 6.54 Å². The van der Waals surface area contributed by atoms with Crippen molar-refractivity contribution in [1.29, 1.82) is 0 Å². The number of aryl methyl sites for hydroxylation is 1. The average molecular weight is 235 g/mol. The highest BCUT2D eigenvalue weighted by Gasteiger charge is 2.24. The van der Waals surface area contributed by atoms with Gasteiger partial charge < -0.3 is 5.73 Å². The Morgan fingerprint density at radius 2 is 1.94 bits per heavy atom. The van der Waals surface area contributed by atoms with Crippen LogP contribution >= 0.6 is 0 Å². The molecule has 1 aliphatic carbocycles. The summed E-state index contributed by atoms with van der Waals surface area (Å²) in [6, 6.07) is 5.11. The van der Waals surface area contributed by atoms with E-state index >= 15 is 0 Å². The fraction of sp³-hybridized carbons (Fsp3) is 0.600. The molecule has 0 aliphatic heterocycles. The van der Waals surface area contributed by atoms with Crippen LogP contribution in [0.3, 0.4) is 0 Å². The van der Waals surface area contributed by atoms with Gasteiger partial charge in [0.15, 0.2) is 0 Å². The van der Waals surface area contributed by atoms with Crippen molar-refractivity contribution in [2.24, 2.45) is 17.6 Å². The molecule has 0 radical (unpaired) electrons. The maximum Gasteiger partial charge on any atom is 0.123 e. The molecule has 17 heavy (non-hydrogen) atoms. The summed E-state index contributed by atoms with van der Waals surface area (Å²) in [5.74, 6) is 1.16. The van der Waals surface area contributed by atoms with Crippen LogP contribution in [0.2, 0.25) is 0 Å². The third-order valence-corrected chi connectivity index (χ3v) is 4.16. The molecule has 0 saturated heterocycles. The summed E-state index contributed by atoms with van der Waals surface area (Å²) in [5, 5.41) is 0. The second-order valence-corrected chi connectivity index (χ2v) is 5.32. The van der Waals surface area contributed by atoms with Gasteiger partial charge >= 0.3 is 0 Å². The predicted molar refractivity (Wildman–Crippen MR) is 69.3 cm³/mol. The SMILES string of the molecule is Cc1ccc(F)cc1CC1CCCCC1CN. The van der Waals surface area contributed by atoms with Gasteiger partial charge in [0.05, 0.1) is 0 Å². The van der Waals surface area contributed by atoms with Gasteiger partial charge in [-0.15, -0.1) is 0 Å². The lowest BCUT2D eigenvalue weighted by molar-refractivity contribution is 0.241. The molecule has 1 aromatic rings. The Kier molecular flexibility index (Phi) is 4.16. The van der Waals surface area contributed by atoms with Crippen LogP contribution in [0.25, 0.3) is 0 Å². The highest BCUT2D eigenvalue weighted by atomic mass is 19.1. The summed E-state index contributed by atoms with van der Waals surface area (Å²) in [5.41, 5.74) is 8.21.